The number of carbonyl (C=O) groups excluding carboxylic acids is 2. The molecule has 1 aliphatic rings. The molecule has 138 valence electrons. The van der Waals surface area contributed by atoms with Crippen LogP contribution in [0.15, 0.2) is 72.3 Å². The van der Waals surface area contributed by atoms with Gasteiger partial charge >= 0.3 is 11.9 Å². The molecule has 0 saturated carbocycles. The minimum absolute atomic E-state index is 0.393. The van der Waals surface area contributed by atoms with Gasteiger partial charge in [0.15, 0.2) is 0 Å². The average molecular weight is 370 g/mol. The van der Waals surface area contributed by atoms with Crippen LogP contribution in [0.1, 0.15) is 27.0 Å². The molecule has 3 aromatic rings. The molecule has 0 N–H and O–H groups in total. The summed E-state index contributed by atoms with van der Waals surface area (Å²) in [6.45, 7) is 2.06. The molecular formula is C24H18O4. The van der Waals surface area contributed by atoms with Crippen LogP contribution in [-0.2, 0) is 14.3 Å². The smallest absolute Gasteiger partial charge is 0.343 e. The lowest BCUT2D eigenvalue weighted by Crippen LogP contribution is -2.00. The molecular weight excluding hydrogens is 352 g/mol. The van der Waals surface area contributed by atoms with Crippen LogP contribution >= 0.6 is 0 Å². The lowest BCUT2D eigenvalue weighted by Gasteiger charge is -2.05. The second kappa shape index (κ2) is 7.16. The van der Waals surface area contributed by atoms with Gasteiger partial charge in [-0.15, -0.1) is 0 Å². The van der Waals surface area contributed by atoms with Gasteiger partial charge in [-0.05, 0) is 53.6 Å². The Kier molecular flexibility index (Phi) is 4.53. The van der Waals surface area contributed by atoms with Crippen molar-refractivity contribution in [2.75, 3.05) is 7.11 Å². The van der Waals surface area contributed by atoms with Crippen LogP contribution in [0, 0.1) is 6.92 Å². The zero-order valence-electron chi connectivity index (χ0n) is 15.6. The first-order chi connectivity index (χ1) is 13.5. The van der Waals surface area contributed by atoms with E-state index < -0.39 is 11.9 Å². The first kappa shape index (κ1) is 17.7. The molecule has 28 heavy (non-hydrogen) atoms. The Morgan fingerprint density at radius 1 is 0.964 bits per heavy atom. The van der Waals surface area contributed by atoms with E-state index in [9.17, 15) is 9.59 Å². The minimum Gasteiger partial charge on any atom is -0.465 e. The molecule has 0 saturated heterocycles. The van der Waals surface area contributed by atoms with Crippen molar-refractivity contribution in [3.05, 3.63) is 94.6 Å². The highest BCUT2D eigenvalue weighted by Crippen LogP contribution is 2.29. The molecule has 0 aromatic heterocycles. The van der Waals surface area contributed by atoms with Crippen LogP contribution in [0.5, 0.6) is 0 Å². The van der Waals surface area contributed by atoms with E-state index in [2.05, 4.69) is 29.9 Å². The van der Waals surface area contributed by atoms with E-state index in [-0.39, 0.29) is 0 Å². The first-order valence-corrected chi connectivity index (χ1v) is 8.88. The number of rotatable bonds is 3. The lowest BCUT2D eigenvalue weighted by molar-refractivity contribution is -0.130. The summed E-state index contributed by atoms with van der Waals surface area (Å²) in [5, 5.41) is 2.24. The van der Waals surface area contributed by atoms with Crippen molar-refractivity contribution in [1.29, 1.82) is 0 Å². The molecule has 0 fully saturated rings. The summed E-state index contributed by atoms with van der Waals surface area (Å²) in [5.74, 6) is -0.255. The third-order valence-electron chi connectivity index (χ3n) is 4.66. The molecule has 0 spiro atoms. The van der Waals surface area contributed by atoms with Gasteiger partial charge in [-0.1, -0.05) is 48.0 Å². The molecule has 1 heterocycles. The van der Waals surface area contributed by atoms with Crippen molar-refractivity contribution in [3.63, 3.8) is 0 Å². The maximum Gasteiger partial charge on any atom is 0.343 e. The van der Waals surface area contributed by atoms with Gasteiger partial charge in [-0.2, -0.15) is 0 Å². The van der Waals surface area contributed by atoms with Gasteiger partial charge < -0.3 is 9.47 Å². The van der Waals surface area contributed by atoms with E-state index in [1.807, 2.05) is 18.2 Å². The quantitative estimate of drug-likeness (QED) is 0.485. The number of methoxy groups -OCH3 is 1. The summed E-state index contributed by atoms with van der Waals surface area (Å²) in [5.41, 5.74) is 3.78. The fourth-order valence-corrected chi connectivity index (χ4v) is 3.16. The third-order valence-corrected chi connectivity index (χ3v) is 4.66. The summed E-state index contributed by atoms with van der Waals surface area (Å²) >= 11 is 0. The van der Waals surface area contributed by atoms with Crippen LogP contribution in [0.3, 0.4) is 0 Å². The van der Waals surface area contributed by atoms with Crippen molar-refractivity contribution in [3.8, 4) is 0 Å². The molecule has 0 amide bonds. The summed E-state index contributed by atoms with van der Waals surface area (Å²) in [4.78, 5) is 23.8. The second-order valence-corrected chi connectivity index (χ2v) is 6.68. The van der Waals surface area contributed by atoms with Crippen LogP contribution < -0.4 is 0 Å². The van der Waals surface area contributed by atoms with Gasteiger partial charge in [0.25, 0.3) is 0 Å². The molecule has 0 unspecified atom stereocenters. The van der Waals surface area contributed by atoms with E-state index in [0.29, 0.717) is 16.9 Å². The fraction of sp³-hybridized carbons (Fsp3) is 0.0833. The highest BCUT2D eigenvalue weighted by atomic mass is 16.5. The van der Waals surface area contributed by atoms with Gasteiger partial charge in [0.2, 0.25) is 0 Å². The van der Waals surface area contributed by atoms with Crippen molar-refractivity contribution in [2.24, 2.45) is 0 Å². The molecule has 1 aliphatic heterocycles. The van der Waals surface area contributed by atoms with E-state index in [4.69, 9.17) is 4.74 Å². The summed E-state index contributed by atoms with van der Waals surface area (Å²) in [6.07, 6.45) is 3.48. The van der Waals surface area contributed by atoms with Gasteiger partial charge in [-0.3, -0.25) is 0 Å². The average Bonchev–Trinajstić information content (AvgIpc) is 3.08. The third kappa shape index (κ3) is 3.45. The standard InChI is InChI=1S/C24H18O4/c1-15-3-6-19-13-20(10-9-18(19)11-15)22-14-21(24(26)28-22)12-16-4-7-17(8-5-16)23(25)27-2/h3-14H,1-2H3/b21-12-. The maximum atomic E-state index is 12.3. The van der Waals surface area contributed by atoms with Crippen LogP contribution in [0.25, 0.3) is 22.6 Å². The molecule has 4 rings (SSSR count). The number of fused-ring (bicyclic) bond motifs is 1. The van der Waals surface area contributed by atoms with Gasteiger partial charge in [0.05, 0.1) is 18.2 Å². The van der Waals surface area contributed by atoms with E-state index in [0.717, 1.165) is 21.9 Å². The minimum atomic E-state index is -0.395. The predicted octanol–water partition coefficient (Wildman–Crippen LogP) is 4.92. The summed E-state index contributed by atoms with van der Waals surface area (Å²) < 4.78 is 10.2. The predicted molar refractivity (Wildman–Crippen MR) is 109 cm³/mol. The topological polar surface area (TPSA) is 52.6 Å². The van der Waals surface area contributed by atoms with Gasteiger partial charge in [0.1, 0.15) is 5.76 Å². The second-order valence-electron chi connectivity index (χ2n) is 6.68. The zero-order chi connectivity index (χ0) is 19.7. The Morgan fingerprint density at radius 2 is 1.68 bits per heavy atom. The zero-order valence-corrected chi connectivity index (χ0v) is 15.6. The fourth-order valence-electron chi connectivity index (χ4n) is 3.16. The Labute approximate surface area is 162 Å². The number of carbonyl (C=O) groups is 2. The number of aryl methyl sites for hydroxylation is 1. The summed E-state index contributed by atoms with van der Waals surface area (Å²) in [6, 6.07) is 19.1. The molecule has 4 heteroatoms. The van der Waals surface area contributed by atoms with Crippen LogP contribution in [0.4, 0.5) is 0 Å². The Bertz CT molecular complexity index is 1150. The van der Waals surface area contributed by atoms with Crippen molar-refractivity contribution >= 4 is 34.5 Å². The number of esters is 2. The Balaban J connectivity index is 1.63. The van der Waals surface area contributed by atoms with Gasteiger partial charge in [-0.25, -0.2) is 9.59 Å². The molecule has 3 aromatic carbocycles. The lowest BCUT2D eigenvalue weighted by atomic mass is 10.0. The largest absolute Gasteiger partial charge is 0.465 e. The monoisotopic (exact) mass is 370 g/mol. The van der Waals surface area contributed by atoms with E-state index in [1.54, 1.807) is 36.4 Å². The number of benzene rings is 3. The number of ether oxygens (including phenoxy) is 2. The van der Waals surface area contributed by atoms with E-state index in [1.165, 1.54) is 12.7 Å². The molecule has 0 atom stereocenters. The summed E-state index contributed by atoms with van der Waals surface area (Å²) in [7, 11) is 1.34. The molecule has 4 nitrogen and oxygen atoms in total. The Hall–Kier alpha value is -3.66. The normalized spacial score (nSPS) is 14.9. The van der Waals surface area contributed by atoms with Crippen LogP contribution in [-0.4, -0.2) is 19.0 Å². The first-order valence-electron chi connectivity index (χ1n) is 8.88. The maximum absolute atomic E-state index is 12.3. The van der Waals surface area contributed by atoms with Crippen molar-refractivity contribution in [2.45, 2.75) is 6.92 Å². The van der Waals surface area contributed by atoms with Crippen LogP contribution in [0.2, 0.25) is 0 Å². The van der Waals surface area contributed by atoms with E-state index >= 15 is 0 Å². The molecule has 0 aliphatic carbocycles. The van der Waals surface area contributed by atoms with Crippen molar-refractivity contribution in [1.82, 2.24) is 0 Å². The molecule has 0 radical (unpaired) electrons. The van der Waals surface area contributed by atoms with Crippen molar-refractivity contribution < 1.29 is 19.1 Å². The molecule has 0 bridgehead atoms. The van der Waals surface area contributed by atoms with Gasteiger partial charge in [0, 0.05) is 5.56 Å². The number of hydrogen-bond donors (Lipinski definition) is 0. The highest BCUT2D eigenvalue weighted by molar-refractivity contribution is 6.05. The highest BCUT2D eigenvalue weighted by Gasteiger charge is 2.22. The number of hydrogen-bond acceptors (Lipinski definition) is 4. The SMILES string of the molecule is COC(=O)c1ccc(/C=C2/C=C(c3ccc4cc(C)ccc4c3)OC2=O)cc1. The number of cyclic esters (lactones) is 1. The Morgan fingerprint density at radius 3 is 2.43 bits per heavy atom.